The maximum absolute atomic E-state index is 13.3. The number of halogens is 4. The molecule has 4 rings (SSSR count). The Labute approximate surface area is 267 Å². The van der Waals surface area contributed by atoms with E-state index < -0.39 is 11.9 Å². The number of anilines is 1. The second-order valence-corrected chi connectivity index (χ2v) is 8.52. The van der Waals surface area contributed by atoms with Crippen molar-refractivity contribution in [2.75, 3.05) is 12.4 Å². The molecule has 3 aromatic rings. The van der Waals surface area contributed by atoms with Crippen LogP contribution in [0.25, 0.3) is 10.9 Å². The Bertz CT molecular complexity index is 1170. The van der Waals surface area contributed by atoms with Crippen LogP contribution in [0.3, 0.4) is 0 Å². The van der Waals surface area contributed by atoms with Gasteiger partial charge in [-0.1, -0.05) is 29.8 Å². The SMILES string of the molecule is COc1ccc(Cl)cc1C(=O)NC1CCC(Nc2cc(C(F)(F)F)nc3ccccc23)CC1.[CH3-].[Cs+]. The molecule has 0 unspecified atom stereocenters. The van der Waals surface area contributed by atoms with Crippen molar-refractivity contribution in [3.8, 4) is 5.75 Å². The van der Waals surface area contributed by atoms with Crippen LogP contribution in [0.1, 0.15) is 41.7 Å². The zero-order valence-electron chi connectivity index (χ0n) is 19.9. The number of rotatable bonds is 5. The van der Waals surface area contributed by atoms with E-state index in [0.29, 0.717) is 58.6 Å². The molecule has 35 heavy (non-hydrogen) atoms. The first-order valence-corrected chi connectivity index (χ1v) is 11.0. The number of alkyl halides is 3. The summed E-state index contributed by atoms with van der Waals surface area (Å²) in [5, 5.41) is 7.38. The number of aromatic nitrogens is 1. The zero-order valence-corrected chi connectivity index (χ0v) is 26.9. The number of amides is 1. The standard InChI is InChI=1S/C24H23ClF3N3O2.CH3.Cs/c1-33-21-11-6-14(25)12-18(21)23(32)30-16-9-7-15(8-10-16)29-20-13-22(24(26,27)28)31-19-5-3-2-4-17(19)20;;/h2-6,11-13,15-16H,7-10H2,1H3,(H,29,31)(H,30,32);1H3;/q;-1;+1. The van der Waals surface area contributed by atoms with Crippen molar-refractivity contribution in [2.24, 2.45) is 0 Å². The molecule has 0 atom stereocenters. The number of benzene rings is 2. The van der Waals surface area contributed by atoms with Crippen molar-refractivity contribution >= 4 is 34.1 Å². The summed E-state index contributed by atoms with van der Waals surface area (Å²) in [4.78, 5) is 16.5. The number of ether oxygens (including phenoxy) is 1. The Kier molecular flexibility index (Phi) is 11.3. The fraction of sp³-hybridized carbons (Fsp3) is 0.320. The van der Waals surface area contributed by atoms with Crippen LogP contribution in [-0.2, 0) is 6.18 Å². The topological polar surface area (TPSA) is 63.2 Å². The van der Waals surface area contributed by atoms with E-state index in [9.17, 15) is 18.0 Å². The Morgan fingerprint density at radius 3 is 2.37 bits per heavy atom. The number of para-hydroxylation sites is 1. The molecule has 1 heterocycles. The average molecular weight is 626 g/mol. The van der Waals surface area contributed by atoms with Crippen LogP contribution >= 0.6 is 11.6 Å². The van der Waals surface area contributed by atoms with Crippen LogP contribution in [-0.4, -0.2) is 30.1 Å². The van der Waals surface area contributed by atoms with E-state index in [1.165, 1.54) is 7.11 Å². The second-order valence-electron chi connectivity index (χ2n) is 8.08. The Balaban J connectivity index is 0.00000216. The third kappa shape index (κ3) is 7.53. The molecule has 1 aliphatic carbocycles. The smallest absolute Gasteiger partial charge is 0.496 e. The number of nitrogens with zero attached hydrogens (tertiary/aromatic N) is 1. The summed E-state index contributed by atoms with van der Waals surface area (Å²) < 4.78 is 45.2. The van der Waals surface area contributed by atoms with Gasteiger partial charge in [0.05, 0.1) is 18.2 Å². The summed E-state index contributed by atoms with van der Waals surface area (Å²) in [6.45, 7) is 0. The van der Waals surface area contributed by atoms with Crippen molar-refractivity contribution in [2.45, 2.75) is 43.9 Å². The first kappa shape index (κ1) is 30.3. The zero-order chi connectivity index (χ0) is 23.6. The van der Waals surface area contributed by atoms with Gasteiger partial charge in [-0.15, -0.1) is 0 Å². The number of pyridine rings is 1. The minimum absolute atomic E-state index is 0. The average Bonchev–Trinajstić information content (AvgIpc) is 2.79. The molecule has 10 heteroatoms. The number of carbonyl (C=O) groups excluding carboxylic acids is 1. The summed E-state index contributed by atoms with van der Waals surface area (Å²) in [5.41, 5.74) is 0.170. The van der Waals surface area contributed by atoms with E-state index in [1.807, 2.05) is 0 Å². The molecule has 1 saturated carbocycles. The molecule has 1 fully saturated rings. The van der Waals surface area contributed by atoms with Crippen LogP contribution in [0.5, 0.6) is 5.75 Å². The molecular weight excluding hydrogens is 600 g/mol. The van der Waals surface area contributed by atoms with Crippen LogP contribution in [0.15, 0.2) is 48.5 Å². The molecule has 0 aliphatic heterocycles. The summed E-state index contributed by atoms with van der Waals surface area (Å²) in [7, 11) is 1.49. The fourth-order valence-electron chi connectivity index (χ4n) is 4.16. The Morgan fingerprint density at radius 1 is 1.06 bits per heavy atom. The first-order valence-electron chi connectivity index (χ1n) is 10.6. The maximum atomic E-state index is 13.3. The minimum atomic E-state index is -4.52. The molecule has 2 aromatic carbocycles. The normalized spacial score (nSPS) is 17.6. The summed E-state index contributed by atoms with van der Waals surface area (Å²) in [5.74, 6) is 0.179. The van der Waals surface area contributed by atoms with Gasteiger partial charge in [-0.2, -0.15) is 13.2 Å². The summed E-state index contributed by atoms with van der Waals surface area (Å²) >= 11 is 6.02. The van der Waals surface area contributed by atoms with Crippen molar-refractivity contribution < 1.29 is 91.6 Å². The van der Waals surface area contributed by atoms with E-state index in [2.05, 4.69) is 15.6 Å². The van der Waals surface area contributed by atoms with Gasteiger partial charge in [0, 0.05) is 28.2 Å². The van der Waals surface area contributed by atoms with Gasteiger partial charge in [-0.3, -0.25) is 4.79 Å². The van der Waals surface area contributed by atoms with Gasteiger partial charge in [-0.25, -0.2) is 4.98 Å². The van der Waals surface area contributed by atoms with Crippen LogP contribution in [0.2, 0.25) is 5.02 Å². The van der Waals surface area contributed by atoms with Gasteiger partial charge in [0.2, 0.25) is 0 Å². The molecule has 5 nitrogen and oxygen atoms in total. The largest absolute Gasteiger partial charge is 1.00 e. The van der Waals surface area contributed by atoms with Gasteiger partial charge in [0.25, 0.3) is 5.91 Å². The fourth-order valence-corrected chi connectivity index (χ4v) is 4.33. The van der Waals surface area contributed by atoms with Crippen LogP contribution < -0.4 is 84.3 Å². The molecule has 0 spiro atoms. The quantitative estimate of drug-likeness (QED) is 0.426. The summed E-state index contributed by atoms with van der Waals surface area (Å²) in [6, 6.07) is 12.7. The van der Waals surface area contributed by atoms with E-state index in [-0.39, 0.29) is 94.3 Å². The van der Waals surface area contributed by atoms with Crippen LogP contribution in [0, 0.1) is 7.43 Å². The van der Waals surface area contributed by atoms with Crippen molar-refractivity contribution in [3.63, 3.8) is 0 Å². The number of methoxy groups -OCH3 is 1. The number of fused-ring (bicyclic) bond motifs is 1. The molecule has 1 amide bonds. The van der Waals surface area contributed by atoms with Gasteiger partial charge in [0.1, 0.15) is 11.4 Å². The van der Waals surface area contributed by atoms with E-state index >= 15 is 0 Å². The molecule has 2 N–H and O–H groups in total. The monoisotopic (exact) mass is 625 g/mol. The first-order chi connectivity index (χ1) is 15.7. The third-order valence-electron chi connectivity index (χ3n) is 5.83. The van der Waals surface area contributed by atoms with Gasteiger partial charge < -0.3 is 22.8 Å². The second kappa shape index (κ2) is 13.0. The van der Waals surface area contributed by atoms with Gasteiger partial charge in [-0.05, 0) is 56.0 Å². The molecule has 1 aromatic heterocycles. The van der Waals surface area contributed by atoms with Crippen molar-refractivity contribution in [1.82, 2.24) is 10.3 Å². The van der Waals surface area contributed by atoms with E-state index in [4.69, 9.17) is 16.3 Å². The summed E-state index contributed by atoms with van der Waals surface area (Å²) in [6.07, 6.45) is -1.72. The number of nitrogens with one attached hydrogen (secondary N) is 2. The van der Waals surface area contributed by atoms with Crippen molar-refractivity contribution in [3.05, 3.63) is 72.2 Å². The predicted octanol–water partition coefficient (Wildman–Crippen LogP) is 3.52. The van der Waals surface area contributed by atoms with E-state index in [0.717, 1.165) is 6.07 Å². The van der Waals surface area contributed by atoms with E-state index in [1.54, 1.807) is 42.5 Å². The minimum Gasteiger partial charge on any atom is -0.496 e. The third-order valence-corrected chi connectivity index (χ3v) is 6.07. The molecule has 1 aliphatic rings. The number of hydrogen-bond donors (Lipinski definition) is 2. The molecule has 0 radical (unpaired) electrons. The molecule has 0 bridgehead atoms. The van der Waals surface area contributed by atoms with Crippen LogP contribution in [0.4, 0.5) is 18.9 Å². The maximum Gasteiger partial charge on any atom is 1.00 e. The number of carbonyl (C=O) groups is 1. The predicted molar refractivity (Wildman–Crippen MR) is 128 cm³/mol. The molecular formula is C25H26ClCsF3N3O2. The van der Waals surface area contributed by atoms with Gasteiger partial charge >= 0.3 is 75.1 Å². The Hall–Kier alpha value is -0.948. The van der Waals surface area contributed by atoms with Crippen molar-refractivity contribution in [1.29, 1.82) is 0 Å². The van der Waals surface area contributed by atoms with Gasteiger partial charge in [0.15, 0.2) is 0 Å². The Morgan fingerprint density at radius 2 is 1.71 bits per heavy atom. The molecule has 0 saturated heterocycles. The number of hydrogen-bond acceptors (Lipinski definition) is 4. The molecule has 182 valence electrons.